The van der Waals surface area contributed by atoms with Crippen LogP contribution in [0, 0.1) is 0 Å². The molecule has 0 spiro atoms. The minimum atomic E-state index is -1.34. The van der Waals surface area contributed by atoms with E-state index in [0.717, 1.165) is 38.6 Å². The molecule has 1 aliphatic rings. The number of nitrogens with zero attached hydrogens (tertiary/aromatic N) is 1. The van der Waals surface area contributed by atoms with Crippen molar-refractivity contribution in [3.8, 4) is 0 Å². The molecule has 15 nitrogen and oxygen atoms in total. The average molecular weight is 571 g/mol. The number of carbonyl (C=O) groups excluding carboxylic acids is 5. The molecule has 1 saturated heterocycles. The summed E-state index contributed by atoms with van der Waals surface area (Å²) in [6.07, 6.45) is -2.32. The summed E-state index contributed by atoms with van der Waals surface area (Å²) in [5.41, 5.74) is -0.717. The van der Waals surface area contributed by atoms with Gasteiger partial charge >= 0.3 is 23.9 Å². The highest BCUT2D eigenvalue weighted by Gasteiger charge is 2.47. The number of thioether (sulfide) groups is 1. The van der Waals surface area contributed by atoms with Gasteiger partial charge in [0.05, 0.1) is 13.2 Å². The van der Waals surface area contributed by atoms with Crippen LogP contribution in [0.3, 0.4) is 0 Å². The van der Waals surface area contributed by atoms with Crippen molar-refractivity contribution < 1.29 is 47.7 Å². The predicted octanol–water partition coefficient (Wildman–Crippen LogP) is 0.503. The number of aromatic amines is 1. The van der Waals surface area contributed by atoms with Crippen molar-refractivity contribution in [2.24, 2.45) is 0 Å². The molecule has 16 heteroatoms. The number of esters is 4. The molecule has 1 aromatic rings. The molecule has 0 bridgehead atoms. The van der Waals surface area contributed by atoms with Gasteiger partial charge in [-0.15, -0.1) is 0 Å². The number of carbonyl (C=O) groups is 5. The number of anilines is 2. The molecule has 0 radical (unpaired) electrons. The number of ketones is 1. The van der Waals surface area contributed by atoms with Crippen molar-refractivity contribution in [3.05, 3.63) is 22.1 Å². The zero-order valence-electron chi connectivity index (χ0n) is 22.1. The Balaban J connectivity index is 2.47. The Labute approximate surface area is 227 Å². The Morgan fingerprint density at radius 1 is 1.05 bits per heavy atom. The SMILES string of the molecule is CCOC(=O)C(=O)/C=C(\C)Nc1c(N[C@@H]2OC[C@@H](OC(C)=O)[C@H](OC(C)=O)[C@H]2OC(C)=O)nc(SC)[nH]c1=O. The summed E-state index contributed by atoms with van der Waals surface area (Å²) in [5, 5.41) is 5.78. The van der Waals surface area contributed by atoms with Crippen molar-refractivity contribution in [1.82, 2.24) is 9.97 Å². The lowest BCUT2D eigenvalue weighted by atomic mass is 10.0. The van der Waals surface area contributed by atoms with E-state index in [1.165, 1.54) is 6.92 Å². The predicted molar refractivity (Wildman–Crippen MR) is 136 cm³/mol. The fourth-order valence-electron chi connectivity index (χ4n) is 3.46. The summed E-state index contributed by atoms with van der Waals surface area (Å²) in [6, 6.07) is 0. The van der Waals surface area contributed by atoms with E-state index in [0.29, 0.717) is 0 Å². The fourth-order valence-corrected chi connectivity index (χ4v) is 3.84. The molecule has 1 aromatic heterocycles. The van der Waals surface area contributed by atoms with Gasteiger partial charge < -0.3 is 34.3 Å². The third-order valence-electron chi connectivity index (χ3n) is 4.87. The van der Waals surface area contributed by atoms with Gasteiger partial charge in [-0.05, 0) is 20.1 Å². The van der Waals surface area contributed by atoms with Gasteiger partial charge in [-0.25, -0.2) is 9.78 Å². The van der Waals surface area contributed by atoms with Crippen molar-refractivity contribution in [2.45, 2.75) is 64.3 Å². The molecule has 2 rings (SSSR count). The number of aromatic nitrogens is 2. The Kier molecular flexibility index (Phi) is 11.5. The van der Waals surface area contributed by atoms with Crippen LogP contribution in [0.15, 0.2) is 21.7 Å². The van der Waals surface area contributed by atoms with E-state index in [2.05, 4.69) is 25.3 Å². The molecular weight excluding hydrogens is 540 g/mol. The lowest BCUT2D eigenvalue weighted by molar-refractivity contribution is -0.221. The Hall–Kier alpha value is -3.92. The second-order valence-electron chi connectivity index (χ2n) is 8.03. The minimum Gasteiger partial charge on any atom is -0.460 e. The van der Waals surface area contributed by atoms with Gasteiger partial charge in [0.1, 0.15) is 5.69 Å². The summed E-state index contributed by atoms with van der Waals surface area (Å²) in [7, 11) is 0. The molecule has 1 fully saturated rings. The summed E-state index contributed by atoms with van der Waals surface area (Å²) >= 11 is 1.12. The Morgan fingerprint density at radius 3 is 2.23 bits per heavy atom. The standard InChI is InChI=1S/C23H30N4O11S/c1-7-34-22(33)14(31)8-10(2)24-16-19(26-23(39-6)27-20(16)32)25-21-18(38-13(5)30)17(37-12(4)29)15(9-35-21)36-11(3)28/h8,15,17-18,21,24H,7,9H2,1-6H3,(H2,25,26,27,32)/b10-8+/t15-,17+,18-,21-/m1/s1. The van der Waals surface area contributed by atoms with Crippen molar-refractivity contribution in [1.29, 1.82) is 0 Å². The monoisotopic (exact) mass is 570 g/mol. The largest absolute Gasteiger partial charge is 0.460 e. The second-order valence-corrected chi connectivity index (χ2v) is 8.83. The highest BCUT2D eigenvalue weighted by atomic mass is 32.2. The van der Waals surface area contributed by atoms with Crippen molar-refractivity contribution in [2.75, 3.05) is 30.1 Å². The van der Waals surface area contributed by atoms with Crippen LogP contribution in [0.1, 0.15) is 34.6 Å². The number of H-pyrrole nitrogens is 1. The fraction of sp³-hybridized carbons (Fsp3) is 0.522. The van der Waals surface area contributed by atoms with E-state index in [9.17, 15) is 28.8 Å². The van der Waals surface area contributed by atoms with E-state index in [1.54, 1.807) is 13.2 Å². The second kappa shape index (κ2) is 14.3. The molecule has 0 saturated carbocycles. The van der Waals surface area contributed by atoms with Crippen LogP contribution in [0.25, 0.3) is 0 Å². The highest BCUT2D eigenvalue weighted by Crippen LogP contribution is 2.28. The zero-order chi connectivity index (χ0) is 29.3. The van der Waals surface area contributed by atoms with Crippen LogP contribution in [0.2, 0.25) is 0 Å². The molecular formula is C23H30N4O11S. The van der Waals surface area contributed by atoms with Crippen LogP contribution < -0.4 is 16.2 Å². The number of hydrogen-bond acceptors (Lipinski definition) is 15. The third-order valence-corrected chi connectivity index (χ3v) is 5.45. The first-order valence-electron chi connectivity index (χ1n) is 11.6. The number of nitrogens with one attached hydrogen (secondary N) is 3. The van der Waals surface area contributed by atoms with Crippen LogP contribution in [0.4, 0.5) is 11.5 Å². The van der Waals surface area contributed by atoms with E-state index >= 15 is 0 Å². The highest BCUT2D eigenvalue weighted by molar-refractivity contribution is 7.98. The average Bonchev–Trinajstić information content (AvgIpc) is 2.83. The summed E-state index contributed by atoms with van der Waals surface area (Å²) in [4.78, 5) is 78.8. The lowest BCUT2D eigenvalue weighted by Crippen LogP contribution is -2.59. The summed E-state index contributed by atoms with van der Waals surface area (Å²) < 4.78 is 26.3. The molecule has 0 amide bonds. The number of rotatable bonds is 11. The third kappa shape index (κ3) is 9.10. The molecule has 3 N–H and O–H groups in total. The normalized spacial score (nSPS) is 20.8. The summed E-state index contributed by atoms with van der Waals surface area (Å²) in [6.45, 7) is 6.13. The van der Waals surface area contributed by atoms with Gasteiger partial charge in [0.2, 0.25) is 0 Å². The number of allylic oxidation sites excluding steroid dienone is 1. The van der Waals surface area contributed by atoms with E-state index in [4.69, 9.17) is 18.9 Å². The molecule has 2 heterocycles. The van der Waals surface area contributed by atoms with Crippen LogP contribution >= 0.6 is 11.8 Å². The van der Waals surface area contributed by atoms with Gasteiger partial charge in [0.15, 0.2) is 35.5 Å². The van der Waals surface area contributed by atoms with E-state index < -0.39 is 59.8 Å². The number of ether oxygens (including phenoxy) is 5. The Bertz CT molecular complexity index is 1200. The molecule has 1 aliphatic heterocycles. The van der Waals surface area contributed by atoms with Crippen LogP contribution in [-0.2, 0) is 47.7 Å². The minimum absolute atomic E-state index is 0.0102. The lowest BCUT2D eigenvalue weighted by Gasteiger charge is -2.40. The molecule has 0 aromatic carbocycles. The van der Waals surface area contributed by atoms with Crippen LogP contribution in [0.5, 0.6) is 0 Å². The first kappa shape index (κ1) is 31.3. The van der Waals surface area contributed by atoms with Crippen molar-refractivity contribution in [3.63, 3.8) is 0 Å². The first-order chi connectivity index (χ1) is 18.4. The maximum absolute atomic E-state index is 12.9. The van der Waals surface area contributed by atoms with Gasteiger partial charge in [0.25, 0.3) is 11.3 Å². The maximum Gasteiger partial charge on any atom is 0.379 e. The molecule has 4 atom stereocenters. The maximum atomic E-state index is 12.9. The van der Waals surface area contributed by atoms with Gasteiger partial charge in [-0.3, -0.25) is 29.0 Å². The summed E-state index contributed by atoms with van der Waals surface area (Å²) in [5.74, 6) is -4.28. The van der Waals surface area contributed by atoms with Gasteiger partial charge in [0, 0.05) is 32.5 Å². The zero-order valence-corrected chi connectivity index (χ0v) is 23.0. The first-order valence-corrected chi connectivity index (χ1v) is 12.8. The van der Waals surface area contributed by atoms with Gasteiger partial charge in [-0.1, -0.05) is 11.8 Å². The topological polar surface area (TPSA) is 201 Å². The van der Waals surface area contributed by atoms with Crippen molar-refractivity contribution >= 4 is 52.9 Å². The van der Waals surface area contributed by atoms with E-state index in [-0.39, 0.29) is 35.6 Å². The molecule has 214 valence electrons. The number of hydrogen-bond donors (Lipinski definition) is 3. The smallest absolute Gasteiger partial charge is 0.379 e. The molecule has 0 unspecified atom stereocenters. The molecule has 39 heavy (non-hydrogen) atoms. The van der Waals surface area contributed by atoms with E-state index in [1.807, 2.05) is 0 Å². The van der Waals surface area contributed by atoms with Gasteiger partial charge in [-0.2, -0.15) is 0 Å². The quantitative estimate of drug-likeness (QED) is 0.0828. The molecule has 0 aliphatic carbocycles. The Morgan fingerprint density at radius 2 is 1.67 bits per heavy atom. The van der Waals surface area contributed by atoms with Crippen LogP contribution in [-0.4, -0.2) is 83.6 Å².